The Bertz CT molecular complexity index is 369. The van der Waals surface area contributed by atoms with Crippen molar-refractivity contribution in [3.05, 3.63) is 29.8 Å². The lowest BCUT2D eigenvalue weighted by Crippen LogP contribution is -2.40. The number of hydrogen-bond acceptors (Lipinski definition) is 3. The first-order valence-corrected chi connectivity index (χ1v) is 5.10. The van der Waals surface area contributed by atoms with Gasteiger partial charge >= 0.3 is 6.09 Å². The molecule has 0 radical (unpaired) electrons. The van der Waals surface area contributed by atoms with E-state index in [1.807, 2.05) is 20.8 Å². The van der Waals surface area contributed by atoms with Gasteiger partial charge in [-0.15, -0.1) is 0 Å². The maximum absolute atomic E-state index is 11.3. The van der Waals surface area contributed by atoms with Crippen molar-refractivity contribution in [1.29, 1.82) is 0 Å². The van der Waals surface area contributed by atoms with Crippen molar-refractivity contribution >= 4 is 6.09 Å². The van der Waals surface area contributed by atoms with Gasteiger partial charge < -0.3 is 15.2 Å². The molecular formula is C12H17NO3. The van der Waals surface area contributed by atoms with E-state index in [-0.39, 0.29) is 17.9 Å². The fraction of sp³-hybridized carbons (Fsp3) is 0.417. The number of rotatable bonds is 2. The van der Waals surface area contributed by atoms with E-state index in [4.69, 9.17) is 4.74 Å². The second kappa shape index (κ2) is 4.88. The molecule has 1 amide bonds. The Balaban J connectivity index is 2.43. The van der Waals surface area contributed by atoms with Gasteiger partial charge in [0.1, 0.15) is 12.4 Å². The topological polar surface area (TPSA) is 58.6 Å². The molecule has 0 saturated carbocycles. The molecule has 1 aromatic rings. The number of carbonyl (C=O) groups excluding carboxylic acids is 1. The zero-order valence-corrected chi connectivity index (χ0v) is 9.78. The quantitative estimate of drug-likeness (QED) is 0.809. The molecule has 4 heteroatoms. The highest BCUT2D eigenvalue weighted by atomic mass is 16.5. The second-order valence-corrected chi connectivity index (χ2v) is 4.62. The van der Waals surface area contributed by atoms with E-state index in [2.05, 4.69) is 5.32 Å². The maximum Gasteiger partial charge on any atom is 0.407 e. The molecule has 0 bridgehead atoms. The van der Waals surface area contributed by atoms with Crippen LogP contribution in [0.3, 0.4) is 0 Å². The molecule has 0 atom stereocenters. The van der Waals surface area contributed by atoms with Crippen LogP contribution >= 0.6 is 0 Å². The van der Waals surface area contributed by atoms with Crippen molar-refractivity contribution in [1.82, 2.24) is 5.32 Å². The summed E-state index contributed by atoms with van der Waals surface area (Å²) in [6.45, 7) is 5.78. The Morgan fingerprint density at radius 3 is 2.69 bits per heavy atom. The minimum atomic E-state index is -0.462. The Morgan fingerprint density at radius 2 is 2.12 bits per heavy atom. The average Bonchev–Trinajstić information content (AvgIpc) is 2.12. The lowest BCUT2D eigenvalue weighted by molar-refractivity contribution is 0.131. The van der Waals surface area contributed by atoms with Gasteiger partial charge in [0.05, 0.1) is 0 Å². The highest BCUT2D eigenvalue weighted by Gasteiger charge is 2.14. The summed E-state index contributed by atoms with van der Waals surface area (Å²) in [5.41, 5.74) is 0.444. The molecule has 0 aromatic heterocycles. The highest BCUT2D eigenvalue weighted by molar-refractivity contribution is 5.68. The van der Waals surface area contributed by atoms with Crippen LogP contribution in [-0.4, -0.2) is 16.7 Å². The van der Waals surface area contributed by atoms with Crippen LogP contribution in [0.2, 0.25) is 0 Å². The van der Waals surface area contributed by atoms with Crippen LogP contribution in [0, 0.1) is 0 Å². The molecule has 16 heavy (non-hydrogen) atoms. The first-order valence-electron chi connectivity index (χ1n) is 5.10. The third-order valence-electron chi connectivity index (χ3n) is 1.76. The van der Waals surface area contributed by atoms with Gasteiger partial charge in [0, 0.05) is 5.54 Å². The molecule has 88 valence electrons. The number of hydrogen-bond donors (Lipinski definition) is 2. The Hall–Kier alpha value is -1.71. The van der Waals surface area contributed by atoms with Crippen molar-refractivity contribution in [2.45, 2.75) is 32.9 Å². The number of benzene rings is 1. The minimum Gasteiger partial charge on any atom is -0.508 e. The van der Waals surface area contributed by atoms with Gasteiger partial charge in [0.2, 0.25) is 0 Å². The number of carbonyl (C=O) groups is 1. The number of alkyl carbamates (subject to hydrolysis) is 1. The van der Waals surface area contributed by atoms with E-state index in [0.29, 0.717) is 0 Å². The molecular weight excluding hydrogens is 206 g/mol. The van der Waals surface area contributed by atoms with E-state index in [1.54, 1.807) is 24.3 Å². The Morgan fingerprint density at radius 1 is 1.44 bits per heavy atom. The average molecular weight is 223 g/mol. The molecule has 0 saturated heterocycles. The molecule has 0 aliphatic heterocycles. The molecule has 0 aliphatic carbocycles. The van der Waals surface area contributed by atoms with Gasteiger partial charge in [-0.2, -0.15) is 0 Å². The zero-order valence-electron chi connectivity index (χ0n) is 9.78. The van der Waals surface area contributed by atoms with Crippen LogP contribution in [0.15, 0.2) is 24.3 Å². The van der Waals surface area contributed by atoms with E-state index in [1.165, 1.54) is 0 Å². The van der Waals surface area contributed by atoms with E-state index in [0.717, 1.165) is 5.56 Å². The summed E-state index contributed by atoms with van der Waals surface area (Å²) in [5, 5.41) is 11.9. The van der Waals surface area contributed by atoms with Gasteiger partial charge in [-0.1, -0.05) is 12.1 Å². The van der Waals surface area contributed by atoms with Crippen molar-refractivity contribution in [2.75, 3.05) is 0 Å². The summed E-state index contributed by atoms with van der Waals surface area (Å²) >= 11 is 0. The maximum atomic E-state index is 11.3. The van der Waals surface area contributed by atoms with Crippen molar-refractivity contribution in [3.63, 3.8) is 0 Å². The Labute approximate surface area is 95.2 Å². The smallest absolute Gasteiger partial charge is 0.407 e. The summed E-state index contributed by atoms with van der Waals surface area (Å²) in [6.07, 6.45) is -0.462. The van der Waals surface area contributed by atoms with Gasteiger partial charge in [0.25, 0.3) is 0 Å². The summed E-state index contributed by atoms with van der Waals surface area (Å²) in [7, 11) is 0. The highest BCUT2D eigenvalue weighted by Crippen LogP contribution is 2.11. The van der Waals surface area contributed by atoms with Gasteiger partial charge in [-0.25, -0.2) is 4.79 Å². The summed E-state index contributed by atoms with van der Waals surface area (Å²) in [4.78, 5) is 11.3. The number of amides is 1. The minimum absolute atomic E-state index is 0.149. The second-order valence-electron chi connectivity index (χ2n) is 4.62. The van der Waals surface area contributed by atoms with E-state index in [9.17, 15) is 9.90 Å². The molecule has 0 aliphatic rings. The van der Waals surface area contributed by atoms with Crippen LogP contribution in [-0.2, 0) is 11.3 Å². The molecule has 1 rings (SSSR count). The van der Waals surface area contributed by atoms with Gasteiger partial charge in [-0.3, -0.25) is 0 Å². The van der Waals surface area contributed by atoms with Gasteiger partial charge in [-0.05, 0) is 38.5 Å². The largest absolute Gasteiger partial charge is 0.508 e. The van der Waals surface area contributed by atoms with Crippen molar-refractivity contribution < 1.29 is 14.6 Å². The van der Waals surface area contributed by atoms with Crippen LogP contribution < -0.4 is 5.32 Å². The summed E-state index contributed by atoms with van der Waals surface area (Å²) in [5.74, 6) is 0.164. The molecule has 2 N–H and O–H groups in total. The number of ether oxygens (including phenoxy) is 1. The monoisotopic (exact) mass is 223 g/mol. The fourth-order valence-electron chi connectivity index (χ4n) is 1.14. The molecule has 1 aromatic carbocycles. The summed E-state index contributed by atoms with van der Waals surface area (Å²) < 4.78 is 5.00. The standard InChI is InChI=1S/C12H17NO3/c1-12(2,3)13-11(15)16-8-9-5-4-6-10(14)7-9/h4-7,14H,8H2,1-3H3,(H,13,15). The third-order valence-corrected chi connectivity index (χ3v) is 1.76. The molecule has 0 fully saturated rings. The number of nitrogens with one attached hydrogen (secondary N) is 1. The predicted molar refractivity (Wildman–Crippen MR) is 61.2 cm³/mol. The van der Waals surface area contributed by atoms with Crippen LogP contribution in [0.25, 0.3) is 0 Å². The van der Waals surface area contributed by atoms with E-state index < -0.39 is 6.09 Å². The third kappa shape index (κ3) is 4.68. The first kappa shape index (κ1) is 12.4. The predicted octanol–water partition coefficient (Wildman–Crippen LogP) is 2.42. The molecule has 0 spiro atoms. The molecule has 0 unspecified atom stereocenters. The van der Waals surface area contributed by atoms with Crippen molar-refractivity contribution in [2.24, 2.45) is 0 Å². The number of phenolic OH excluding ortho intramolecular Hbond substituents is 1. The van der Waals surface area contributed by atoms with Crippen LogP contribution in [0.5, 0.6) is 5.75 Å². The first-order chi connectivity index (χ1) is 7.37. The van der Waals surface area contributed by atoms with Crippen LogP contribution in [0.1, 0.15) is 26.3 Å². The SMILES string of the molecule is CC(C)(C)NC(=O)OCc1cccc(O)c1. The molecule has 0 heterocycles. The zero-order chi connectivity index (χ0) is 12.2. The normalized spacial score (nSPS) is 10.9. The van der Waals surface area contributed by atoms with E-state index >= 15 is 0 Å². The van der Waals surface area contributed by atoms with Crippen molar-refractivity contribution in [3.8, 4) is 5.75 Å². The lowest BCUT2D eigenvalue weighted by atomic mass is 10.1. The number of phenols is 1. The Kier molecular flexibility index (Phi) is 3.77. The van der Waals surface area contributed by atoms with Gasteiger partial charge in [0.15, 0.2) is 0 Å². The lowest BCUT2D eigenvalue weighted by Gasteiger charge is -2.19. The molecule has 4 nitrogen and oxygen atoms in total. The van der Waals surface area contributed by atoms with Crippen LogP contribution in [0.4, 0.5) is 4.79 Å². The fourth-order valence-corrected chi connectivity index (χ4v) is 1.14. The number of aromatic hydroxyl groups is 1. The summed E-state index contributed by atoms with van der Waals surface area (Å²) in [6, 6.07) is 6.61.